The molecule has 2 aliphatic rings. The number of aryl methyl sites for hydroxylation is 1. The van der Waals surface area contributed by atoms with Gasteiger partial charge in [0, 0.05) is 49.8 Å². The third-order valence-electron chi connectivity index (χ3n) is 5.44. The SMILES string of the molecule is Cn1ccc2ccc(C(=O)N3CCc4[nH]nc(C5CC5)c4CC3)nc21. The van der Waals surface area contributed by atoms with E-state index in [9.17, 15) is 4.79 Å². The Balaban J connectivity index is 1.39. The fourth-order valence-electron chi connectivity index (χ4n) is 3.82. The van der Waals surface area contributed by atoms with Gasteiger partial charge in [-0.1, -0.05) is 0 Å². The fourth-order valence-corrected chi connectivity index (χ4v) is 3.82. The maximum absolute atomic E-state index is 13.0. The molecule has 3 aromatic heterocycles. The van der Waals surface area contributed by atoms with Crippen molar-refractivity contribution in [3.05, 3.63) is 47.0 Å². The summed E-state index contributed by atoms with van der Waals surface area (Å²) in [7, 11) is 1.95. The molecule has 3 aromatic rings. The molecule has 25 heavy (non-hydrogen) atoms. The monoisotopic (exact) mass is 335 g/mol. The number of pyridine rings is 1. The molecule has 1 aliphatic carbocycles. The second-order valence-corrected chi connectivity index (χ2v) is 7.17. The highest BCUT2D eigenvalue weighted by Crippen LogP contribution is 2.41. The van der Waals surface area contributed by atoms with Gasteiger partial charge in [-0.3, -0.25) is 9.89 Å². The molecule has 0 saturated heterocycles. The molecule has 1 N–H and O–H groups in total. The van der Waals surface area contributed by atoms with E-state index in [0.717, 1.165) is 30.4 Å². The Labute approximate surface area is 145 Å². The average molecular weight is 335 g/mol. The molecular weight excluding hydrogens is 314 g/mol. The zero-order valence-electron chi connectivity index (χ0n) is 14.3. The first-order valence-electron chi connectivity index (χ1n) is 8.98. The summed E-state index contributed by atoms with van der Waals surface area (Å²) in [5, 5.41) is 8.79. The summed E-state index contributed by atoms with van der Waals surface area (Å²) < 4.78 is 1.95. The van der Waals surface area contributed by atoms with Crippen molar-refractivity contribution in [1.82, 2.24) is 24.6 Å². The number of rotatable bonds is 2. The van der Waals surface area contributed by atoms with Gasteiger partial charge in [0.15, 0.2) is 0 Å². The van der Waals surface area contributed by atoms with Crippen LogP contribution in [0.15, 0.2) is 24.4 Å². The largest absolute Gasteiger partial charge is 0.337 e. The van der Waals surface area contributed by atoms with Gasteiger partial charge in [-0.15, -0.1) is 0 Å². The summed E-state index contributed by atoms with van der Waals surface area (Å²) >= 11 is 0. The lowest BCUT2D eigenvalue weighted by Gasteiger charge is -2.20. The minimum atomic E-state index is 0.0224. The van der Waals surface area contributed by atoms with Gasteiger partial charge in [-0.05, 0) is 43.0 Å². The van der Waals surface area contributed by atoms with Crippen molar-refractivity contribution in [2.75, 3.05) is 13.1 Å². The van der Waals surface area contributed by atoms with E-state index in [1.165, 1.54) is 29.8 Å². The number of fused-ring (bicyclic) bond motifs is 2. The molecule has 4 heterocycles. The number of carbonyl (C=O) groups is 1. The number of nitrogens with one attached hydrogen (secondary N) is 1. The Hall–Kier alpha value is -2.63. The lowest BCUT2D eigenvalue weighted by Crippen LogP contribution is -2.34. The molecular formula is C19H21N5O. The maximum atomic E-state index is 13.0. The van der Waals surface area contributed by atoms with E-state index < -0.39 is 0 Å². The van der Waals surface area contributed by atoms with Gasteiger partial charge < -0.3 is 9.47 Å². The molecule has 5 rings (SSSR count). The van der Waals surface area contributed by atoms with Crippen LogP contribution in [0.25, 0.3) is 11.0 Å². The predicted molar refractivity (Wildman–Crippen MR) is 94.6 cm³/mol. The molecule has 0 spiro atoms. The maximum Gasteiger partial charge on any atom is 0.272 e. The molecule has 0 bridgehead atoms. The van der Waals surface area contributed by atoms with E-state index in [0.29, 0.717) is 18.2 Å². The van der Waals surface area contributed by atoms with Gasteiger partial charge in [0.05, 0.1) is 5.69 Å². The van der Waals surface area contributed by atoms with Crippen LogP contribution >= 0.6 is 0 Å². The van der Waals surface area contributed by atoms with Crippen LogP contribution in [0.1, 0.15) is 46.2 Å². The van der Waals surface area contributed by atoms with Gasteiger partial charge in [-0.25, -0.2) is 4.98 Å². The van der Waals surface area contributed by atoms with Crippen molar-refractivity contribution < 1.29 is 4.79 Å². The molecule has 0 radical (unpaired) electrons. The third kappa shape index (κ3) is 2.44. The zero-order chi connectivity index (χ0) is 17.0. The zero-order valence-corrected chi connectivity index (χ0v) is 14.3. The van der Waals surface area contributed by atoms with Crippen LogP contribution in [-0.4, -0.2) is 43.6 Å². The van der Waals surface area contributed by atoms with Crippen LogP contribution < -0.4 is 0 Å². The molecule has 128 valence electrons. The Bertz CT molecular complexity index is 966. The molecule has 1 aliphatic heterocycles. The Morgan fingerprint density at radius 3 is 2.88 bits per heavy atom. The average Bonchev–Trinajstić information content (AvgIpc) is 3.36. The number of hydrogen-bond donors (Lipinski definition) is 1. The normalized spacial score (nSPS) is 17.6. The van der Waals surface area contributed by atoms with Crippen LogP contribution in [0, 0.1) is 0 Å². The summed E-state index contributed by atoms with van der Waals surface area (Å²) in [4.78, 5) is 19.5. The van der Waals surface area contributed by atoms with Crippen LogP contribution in [0.2, 0.25) is 0 Å². The van der Waals surface area contributed by atoms with Crippen LogP contribution in [0.5, 0.6) is 0 Å². The molecule has 0 atom stereocenters. The fraction of sp³-hybridized carbons (Fsp3) is 0.421. The van der Waals surface area contributed by atoms with E-state index in [2.05, 4.69) is 15.2 Å². The second-order valence-electron chi connectivity index (χ2n) is 7.17. The van der Waals surface area contributed by atoms with E-state index in [1.54, 1.807) is 0 Å². The van der Waals surface area contributed by atoms with Crippen molar-refractivity contribution in [2.45, 2.75) is 31.6 Å². The smallest absolute Gasteiger partial charge is 0.272 e. The second kappa shape index (κ2) is 5.44. The lowest BCUT2D eigenvalue weighted by atomic mass is 10.1. The Kier molecular flexibility index (Phi) is 3.20. The first-order chi connectivity index (χ1) is 12.2. The number of aromatic amines is 1. The van der Waals surface area contributed by atoms with E-state index in [-0.39, 0.29) is 5.91 Å². The quantitative estimate of drug-likeness (QED) is 0.782. The highest BCUT2D eigenvalue weighted by Gasteiger charge is 2.31. The first-order valence-corrected chi connectivity index (χ1v) is 8.98. The highest BCUT2D eigenvalue weighted by atomic mass is 16.2. The van der Waals surface area contributed by atoms with Crippen LogP contribution in [0.4, 0.5) is 0 Å². The van der Waals surface area contributed by atoms with Crippen LogP contribution in [-0.2, 0) is 19.9 Å². The number of nitrogens with zero attached hydrogens (tertiary/aromatic N) is 4. The van der Waals surface area contributed by atoms with Gasteiger partial charge in [0.25, 0.3) is 5.91 Å². The van der Waals surface area contributed by atoms with E-state index in [4.69, 9.17) is 0 Å². The topological polar surface area (TPSA) is 66.8 Å². The summed E-state index contributed by atoms with van der Waals surface area (Å²) in [6.07, 6.45) is 6.20. The number of carbonyl (C=O) groups excluding carboxylic acids is 1. The number of H-pyrrole nitrogens is 1. The predicted octanol–water partition coefficient (Wildman–Crippen LogP) is 2.41. The molecule has 0 aromatic carbocycles. The van der Waals surface area contributed by atoms with Crippen molar-refractivity contribution in [1.29, 1.82) is 0 Å². The standard InChI is InChI=1S/C19H21N5O/c1-23-9-6-13-4-5-16(20-18(13)23)19(25)24-10-7-14-15(8-11-24)21-22-17(14)12-2-3-12/h4-6,9,12H,2-3,7-8,10-11H2,1H3,(H,21,22). The van der Waals surface area contributed by atoms with Crippen molar-refractivity contribution in [3.8, 4) is 0 Å². The highest BCUT2D eigenvalue weighted by molar-refractivity contribution is 5.94. The van der Waals surface area contributed by atoms with Gasteiger partial charge >= 0.3 is 0 Å². The Morgan fingerprint density at radius 1 is 1.20 bits per heavy atom. The number of hydrogen-bond acceptors (Lipinski definition) is 3. The molecule has 6 nitrogen and oxygen atoms in total. The van der Waals surface area contributed by atoms with Gasteiger partial charge in [0.1, 0.15) is 11.3 Å². The van der Waals surface area contributed by atoms with Crippen molar-refractivity contribution >= 4 is 16.9 Å². The van der Waals surface area contributed by atoms with Crippen molar-refractivity contribution in [2.24, 2.45) is 7.05 Å². The molecule has 1 amide bonds. The summed E-state index contributed by atoms with van der Waals surface area (Å²) in [6.45, 7) is 1.45. The van der Waals surface area contributed by atoms with Crippen molar-refractivity contribution in [3.63, 3.8) is 0 Å². The summed E-state index contributed by atoms with van der Waals surface area (Å²) in [5.74, 6) is 0.665. The van der Waals surface area contributed by atoms with E-state index >= 15 is 0 Å². The third-order valence-corrected chi connectivity index (χ3v) is 5.44. The molecule has 1 fully saturated rings. The number of aromatic nitrogens is 4. The summed E-state index contributed by atoms with van der Waals surface area (Å²) in [6, 6.07) is 5.83. The van der Waals surface area contributed by atoms with Crippen LogP contribution in [0.3, 0.4) is 0 Å². The van der Waals surface area contributed by atoms with Gasteiger partial charge in [-0.2, -0.15) is 5.10 Å². The minimum Gasteiger partial charge on any atom is -0.337 e. The summed E-state index contributed by atoms with van der Waals surface area (Å²) in [5.41, 5.74) is 5.19. The molecule has 1 saturated carbocycles. The Morgan fingerprint density at radius 2 is 2.04 bits per heavy atom. The minimum absolute atomic E-state index is 0.0224. The van der Waals surface area contributed by atoms with E-state index in [1.807, 2.05) is 40.9 Å². The first kappa shape index (κ1) is 14.7. The van der Waals surface area contributed by atoms with Gasteiger partial charge in [0.2, 0.25) is 0 Å². The number of amides is 1. The lowest BCUT2D eigenvalue weighted by molar-refractivity contribution is 0.0757. The molecule has 0 unspecified atom stereocenters. The molecule has 6 heteroatoms.